The first kappa shape index (κ1) is 10.7. The molecule has 0 saturated heterocycles. The molecule has 0 unspecified atom stereocenters. The van der Waals surface area contributed by atoms with Crippen molar-refractivity contribution in [3.8, 4) is 0 Å². The monoisotopic (exact) mass is 238 g/mol. The van der Waals surface area contributed by atoms with Crippen molar-refractivity contribution in [3.05, 3.63) is 40.9 Å². The molecule has 0 aliphatic heterocycles. The van der Waals surface area contributed by atoms with Crippen LogP contribution in [0.15, 0.2) is 30.3 Å². The molecule has 0 heterocycles. The summed E-state index contributed by atoms with van der Waals surface area (Å²) in [4.78, 5) is 21.8. The van der Waals surface area contributed by atoms with Gasteiger partial charge in [-0.1, -0.05) is 23.7 Å². The maximum absolute atomic E-state index is 10.9. The van der Waals surface area contributed by atoms with Crippen LogP contribution in [0.1, 0.15) is 5.56 Å². The van der Waals surface area contributed by atoms with Crippen molar-refractivity contribution in [3.63, 3.8) is 0 Å². The van der Waals surface area contributed by atoms with E-state index in [9.17, 15) is 9.59 Å². The summed E-state index contributed by atoms with van der Waals surface area (Å²) in [7, 11) is 0. The third kappa shape index (κ3) is 1.39. The van der Waals surface area contributed by atoms with E-state index in [1.165, 1.54) is 6.08 Å². The smallest absolute Gasteiger partial charge is 0.329 e. The summed E-state index contributed by atoms with van der Waals surface area (Å²) in [6.45, 7) is 0. The molecular weight excluding hydrogens is 232 g/mol. The van der Waals surface area contributed by atoms with E-state index in [-0.39, 0.29) is 0 Å². The number of carboxylic acids is 2. The molecule has 82 valence electrons. The van der Waals surface area contributed by atoms with Gasteiger partial charge >= 0.3 is 11.9 Å². The highest BCUT2D eigenvalue weighted by Crippen LogP contribution is 2.51. The van der Waals surface area contributed by atoms with Gasteiger partial charge in [0.25, 0.3) is 0 Å². The highest BCUT2D eigenvalue weighted by molar-refractivity contribution is 6.30. The van der Waals surface area contributed by atoms with Crippen LogP contribution in [0.5, 0.6) is 0 Å². The van der Waals surface area contributed by atoms with Crippen LogP contribution in [-0.4, -0.2) is 22.2 Å². The Morgan fingerprint density at radius 2 is 1.56 bits per heavy atom. The Labute approximate surface area is 95.8 Å². The second-order valence-corrected chi connectivity index (χ2v) is 3.92. The molecule has 1 aromatic carbocycles. The van der Waals surface area contributed by atoms with E-state index in [1.807, 2.05) is 0 Å². The molecule has 1 aromatic rings. The molecule has 2 rings (SSSR count). The number of halogens is 1. The van der Waals surface area contributed by atoms with Crippen LogP contribution < -0.4 is 0 Å². The fourth-order valence-corrected chi connectivity index (χ4v) is 1.69. The fraction of sp³-hybridized carbons (Fsp3) is 0.0909. The van der Waals surface area contributed by atoms with Gasteiger partial charge in [0.2, 0.25) is 5.41 Å². The molecule has 0 bridgehead atoms. The summed E-state index contributed by atoms with van der Waals surface area (Å²) >= 11 is 5.68. The normalized spacial score (nSPS) is 16.4. The second kappa shape index (κ2) is 3.35. The zero-order chi connectivity index (χ0) is 11.9. The summed E-state index contributed by atoms with van der Waals surface area (Å²) < 4.78 is 0. The molecular formula is C11H7ClO4. The average molecular weight is 239 g/mol. The number of carboxylic acid groups (broad SMARTS) is 2. The quantitative estimate of drug-likeness (QED) is 0.789. The van der Waals surface area contributed by atoms with E-state index in [2.05, 4.69) is 0 Å². The molecule has 0 fully saturated rings. The maximum Gasteiger partial charge on any atom is 0.329 e. The number of aliphatic carboxylic acids is 2. The van der Waals surface area contributed by atoms with Gasteiger partial charge in [-0.25, -0.2) is 0 Å². The SMILES string of the molecule is O=C(O)C1(C(=O)O)C=C1c1ccc(Cl)cc1. The van der Waals surface area contributed by atoms with Crippen molar-refractivity contribution in [2.75, 3.05) is 0 Å². The minimum absolute atomic E-state index is 0.296. The van der Waals surface area contributed by atoms with Crippen LogP contribution in [0.2, 0.25) is 5.02 Å². The van der Waals surface area contributed by atoms with Gasteiger partial charge in [0.05, 0.1) is 0 Å². The summed E-state index contributed by atoms with van der Waals surface area (Å²) in [5.41, 5.74) is -0.994. The first-order chi connectivity index (χ1) is 7.48. The van der Waals surface area contributed by atoms with Crippen LogP contribution in [0, 0.1) is 5.41 Å². The summed E-state index contributed by atoms with van der Waals surface area (Å²) in [5, 5.41) is 18.3. The molecule has 5 heteroatoms. The lowest BCUT2D eigenvalue weighted by molar-refractivity contribution is -0.154. The Bertz CT molecular complexity index is 487. The van der Waals surface area contributed by atoms with Crippen molar-refractivity contribution in [2.45, 2.75) is 0 Å². The standard InChI is InChI=1S/C11H7ClO4/c12-7-3-1-6(2-4-7)8-5-11(8,9(13)14)10(15)16/h1-5H,(H,13,14)(H,15,16). The van der Waals surface area contributed by atoms with Gasteiger partial charge < -0.3 is 10.2 Å². The number of carbonyl (C=O) groups is 2. The Morgan fingerprint density at radius 1 is 1.06 bits per heavy atom. The van der Waals surface area contributed by atoms with Crippen molar-refractivity contribution < 1.29 is 19.8 Å². The minimum Gasteiger partial charge on any atom is -0.480 e. The lowest BCUT2D eigenvalue weighted by atomic mass is 9.97. The molecule has 16 heavy (non-hydrogen) atoms. The zero-order valence-electron chi connectivity index (χ0n) is 7.98. The minimum atomic E-state index is -1.85. The number of rotatable bonds is 3. The zero-order valence-corrected chi connectivity index (χ0v) is 8.73. The topological polar surface area (TPSA) is 74.6 Å². The van der Waals surface area contributed by atoms with Gasteiger partial charge in [-0.05, 0) is 29.3 Å². The largest absolute Gasteiger partial charge is 0.480 e. The predicted molar refractivity (Wildman–Crippen MR) is 57.1 cm³/mol. The number of benzene rings is 1. The molecule has 1 aliphatic rings. The first-order valence-electron chi connectivity index (χ1n) is 4.44. The van der Waals surface area contributed by atoms with E-state index in [4.69, 9.17) is 21.8 Å². The Kier molecular flexibility index (Phi) is 2.24. The molecule has 0 atom stereocenters. The molecule has 0 amide bonds. The van der Waals surface area contributed by atoms with Gasteiger partial charge in [-0.3, -0.25) is 9.59 Å². The predicted octanol–water partition coefficient (Wildman–Crippen LogP) is 1.89. The van der Waals surface area contributed by atoms with Crippen LogP contribution >= 0.6 is 11.6 Å². The van der Waals surface area contributed by atoms with E-state index in [0.717, 1.165) is 0 Å². The molecule has 1 aliphatic carbocycles. The number of hydrogen-bond acceptors (Lipinski definition) is 2. The van der Waals surface area contributed by atoms with Crippen LogP contribution in [0.4, 0.5) is 0 Å². The van der Waals surface area contributed by atoms with Crippen LogP contribution in [0.3, 0.4) is 0 Å². The summed E-state index contributed by atoms with van der Waals surface area (Å²) in [5.74, 6) is -2.74. The average Bonchev–Trinajstić information content (AvgIpc) is 2.95. The van der Waals surface area contributed by atoms with Crippen molar-refractivity contribution in [1.29, 1.82) is 0 Å². The third-order valence-corrected chi connectivity index (χ3v) is 2.78. The molecule has 0 radical (unpaired) electrons. The molecule has 0 aromatic heterocycles. The molecule has 0 spiro atoms. The van der Waals surface area contributed by atoms with Gasteiger partial charge in [0.15, 0.2) is 0 Å². The first-order valence-corrected chi connectivity index (χ1v) is 4.82. The van der Waals surface area contributed by atoms with E-state index >= 15 is 0 Å². The third-order valence-electron chi connectivity index (χ3n) is 2.53. The van der Waals surface area contributed by atoms with Crippen molar-refractivity contribution >= 4 is 29.1 Å². The van der Waals surface area contributed by atoms with Crippen LogP contribution in [0.25, 0.3) is 5.57 Å². The van der Waals surface area contributed by atoms with E-state index in [0.29, 0.717) is 16.2 Å². The highest BCUT2D eigenvalue weighted by atomic mass is 35.5. The second-order valence-electron chi connectivity index (χ2n) is 3.48. The van der Waals surface area contributed by atoms with Crippen LogP contribution in [-0.2, 0) is 9.59 Å². The fourth-order valence-electron chi connectivity index (χ4n) is 1.57. The number of hydrogen-bond donors (Lipinski definition) is 2. The van der Waals surface area contributed by atoms with Gasteiger partial charge in [-0.15, -0.1) is 0 Å². The molecule has 0 saturated carbocycles. The lowest BCUT2D eigenvalue weighted by Crippen LogP contribution is -2.28. The highest BCUT2D eigenvalue weighted by Gasteiger charge is 2.58. The van der Waals surface area contributed by atoms with Crippen molar-refractivity contribution in [2.24, 2.45) is 5.41 Å². The molecule has 4 nitrogen and oxygen atoms in total. The Hall–Kier alpha value is -1.81. The Morgan fingerprint density at radius 3 is 1.94 bits per heavy atom. The Balaban J connectivity index is 2.33. The lowest BCUT2D eigenvalue weighted by Gasteiger charge is -2.07. The van der Waals surface area contributed by atoms with E-state index < -0.39 is 17.4 Å². The van der Waals surface area contributed by atoms with Gasteiger partial charge in [-0.2, -0.15) is 0 Å². The van der Waals surface area contributed by atoms with E-state index in [1.54, 1.807) is 24.3 Å². The maximum atomic E-state index is 10.9. The van der Waals surface area contributed by atoms with Gasteiger partial charge in [0, 0.05) is 5.02 Å². The van der Waals surface area contributed by atoms with Gasteiger partial charge in [0.1, 0.15) is 0 Å². The summed E-state index contributed by atoms with van der Waals surface area (Å²) in [6.07, 6.45) is 1.22. The van der Waals surface area contributed by atoms with Crippen molar-refractivity contribution in [1.82, 2.24) is 0 Å². The molecule has 2 N–H and O–H groups in total. The summed E-state index contributed by atoms with van der Waals surface area (Å²) in [6, 6.07) is 6.37.